The zero-order chi connectivity index (χ0) is 14.5. The van der Waals surface area contributed by atoms with Gasteiger partial charge in [-0.05, 0) is 31.9 Å². The van der Waals surface area contributed by atoms with E-state index in [1.807, 2.05) is 17.9 Å². The predicted octanol–water partition coefficient (Wildman–Crippen LogP) is 2.34. The predicted molar refractivity (Wildman–Crippen MR) is 80.7 cm³/mol. The Balaban J connectivity index is 2.07. The molecule has 1 saturated heterocycles. The summed E-state index contributed by atoms with van der Waals surface area (Å²) in [5, 5.41) is 9.87. The lowest BCUT2D eigenvalue weighted by atomic mass is 9.97. The summed E-state index contributed by atoms with van der Waals surface area (Å²) in [6, 6.07) is 7.02. The minimum Gasteiger partial charge on any atom is -0.507 e. The summed E-state index contributed by atoms with van der Waals surface area (Å²) >= 11 is 5.45. The highest BCUT2D eigenvalue weighted by molar-refractivity contribution is 7.80. The maximum Gasteiger partial charge on any atom is 0.310 e. The summed E-state index contributed by atoms with van der Waals surface area (Å²) in [6.07, 6.45) is 1.73. The standard InChI is InChI=1S/C15H19NO3S/c1-2-19-15(18)11-6-5-9-16(10-11)14(20)12-7-3-4-8-13(12)17/h3-4,7-8,11,17H,2,5-6,9-10H2,1H3/t11-/m0/s1. The second-order valence-electron chi connectivity index (χ2n) is 4.86. The molecule has 0 saturated carbocycles. The normalized spacial score (nSPS) is 18.6. The van der Waals surface area contributed by atoms with Crippen LogP contribution in [0.15, 0.2) is 24.3 Å². The van der Waals surface area contributed by atoms with Gasteiger partial charge in [0.25, 0.3) is 0 Å². The van der Waals surface area contributed by atoms with Crippen LogP contribution in [-0.4, -0.2) is 40.7 Å². The number of nitrogens with zero attached hydrogens (tertiary/aromatic N) is 1. The van der Waals surface area contributed by atoms with Gasteiger partial charge in [0.1, 0.15) is 10.7 Å². The molecule has 1 aliphatic rings. The van der Waals surface area contributed by atoms with Crippen molar-refractivity contribution in [2.45, 2.75) is 19.8 Å². The fourth-order valence-corrected chi connectivity index (χ4v) is 2.78. The minimum absolute atomic E-state index is 0.132. The molecular formula is C15H19NO3S. The molecule has 1 fully saturated rings. The van der Waals surface area contributed by atoms with Gasteiger partial charge in [-0.1, -0.05) is 24.4 Å². The van der Waals surface area contributed by atoms with E-state index >= 15 is 0 Å². The third-order valence-electron chi connectivity index (χ3n) is 3.46. The quantitative estimate of drug-likeness (QED) is 0.685. The van der Waals surface area contributed by atoms with Crippen LogP contribution >= 0.6 is 12.2 Å². The van der Waals surface area contributed by atoms with Gasteiger partial charge in [-0.3, -0.25) is 4.79 Å². The van der Waals surface area contributed by atoms with Crippen molar-refractivity contribution in [2.24, 2.45) is 5.92 Å². The first-order valence-corrected chi connectivity index (χ1v) is 7.28. The van der Waals surface area contributed by atoms with Crippen LogP contribution in [0.2, 0.25) is 0 Å². The van der Waals surface area contributed by atoms with Gasteiger partial charge in [-0.2, -0.15) is 0 Å². The Hall–Kier alpha value is -1.62. The highest BCUT2D eigenvalue weighted by Gasteiger charge is 2.28. The van der Waals surface area contributed by atoms with E-state index in [-0.39, 0.29) is 17.6 Å². The summed E-state index contributed by atoms with van der Waals surface area (Å²) in [5.41, 5.74) is 0.645. The number of para-hydroxylation sites is 1. The second-order valence-corrected chi connectivity index (χ2v) is 5.25. The van der Waals surface area contributed by atoms with Crippen molar-refractivity contribution in [1.82, 2.24) is 4.90 Å². The largest absolute Gasteiger partial charge is 0.507 e. The van der Waals surface area contributed by atoms with Gasteiger partial charge in [0.05, 0.1) is 18.1 Å². The van der Waals surface area contributed by atoms with Crippen LogP contribution in [0.5, 0.6) is 5.75 Å². The van der Waals surface area contributed by atoms with Crippen molar-refractivity contribution < 1.29 is 14.6 Å². The molecule has 5 heteroatoms. The smallest absolute Gasteiger partial charge is 0.310 e. The number of aromatic hydroxyl groups is 1. The molecule has 1 heterocycles. The minimum atomic E-state index is -0.155. The number of benzene rings is 1. The molecule has 0 radical (unpaired) electrons. The monoisotopic (exact) mass is 293 g/mol. The number of thiocarbonyl (C=S) groups is 1. The average molecular weight is 293 g/mol. The number of phenols is 1. The van der Waals surface area contributed by atoms with E-state index in [0.29, 0.717) is 23.7 Å². The Labute approximate surface area is 124 Å². The molecule has 0 spiro atoms. The lowest BCUT2D eigenvalue weighted by molar-refractivity contribution is -0.149. The molecule has 0 aliphatic carbocycles. The third-order valence-corrected chi connectivity index (χ3v) is 3.94. The maximum atomic E-state index is 11.8. The van der Waals surface area contributed by atoms with Gasteiger partial charge in [0.2, 0.25) is 0 Å². The molecule has 2 rings (SSSR count). The van der Waals surface area contributed by atoms with Crippen LogP contribution in [0.25, 0.3) is 0 Å². The number of likely N-dealkylation sites (tertiary alicyclic amines) is 1. The van der Waals surface area contributed by atoms with Crippen molar-refractivity contribution in [3.05, 3.63) is 29.8 Å². The molecule has 0 amide bonds. The van der Waals surface area contributed by atoms with E-state index < -0.39 is 0 Å². The van der Waals surface area contributed by atoms with Gasteiger partial charge >= 0.3 is 5.97 Å². The molecule has 0 aromatic heterocycles. The number of carbonyl (C=O) groups excluding carboxylic acids is 1. The summed E-state index contributed by atoms with van der Waals surface area (Å²) in [7, 11) is 0. The molecule has 1 N–H and O–H groups in total. The van der Waals surface area contributed by atoms with Crippen molar-refractivity contribution in [3.8, 4) is 5.75 Å². The molecule has 0 unspecified atom stereocenters. The molecule has 0 bridgehead atoms. The fraction of sp³-hybridized carbons (Fsp3) is 0.467. The zero-order valence-corrected chi connectivity index (χ0v) is 12.4. The van der Waals surface area contributed by atoms with Crippen molar-refractivity contribution >= 4 is 23.2 Å². The molecule has 4 nitrogen and oxygen atoms in total. The first kappa shape index (κ1) is 14.8. The molecule has 1 atom stereocenters. The Kier molecular flexibility index (Phi) is 4.95. The first-order valence-electron chi connectivity index (χ1n) is 6.87. The Morgan fingerprint density at radius 3 is 2.95 bits per heavy atom. The van der Waals surface area contributed by atoms with E-state index in [1.54, 1.807) is 18.2 Å². The number of hydrogen-bond donors (Lipinski definition) is 1. The number of esters is 1. The Morgan fingerprint density at radius 1 is 1.50 bits per heavy atom. The van der Waals surface area contributed by atoms with Crippen LogP contribution in [0.4, 0.5) is 0 Å². The first-order chi connectivity index (χ1) is 9.63. The topological polar surface area (TPSA) is 49.8 Å². The van der Waals surface area contributed by atoms with Crippen molar-refractivity contribution in [1.29, 1.82) is 0 Å². The maximum absolute atomic E-state index is 11.8. The molecular weight excluding hydrogens is 274 g/mol. The number of ether oxygens (including phenoxy) is 1. The van der Waals surface area contributed by atoms with Crippen LogP contribution in [-0.2, 0) is 9.53 Å². The summed E-state index contributed by atoms with van der Waals surface area (Å²) < 4.78 is 5.08. The molecule has 1 aromatic rings. The Morgan fingerprint density at radius 2 is 2.25 bits per heavy atom. The highest BCUT2D eigenvalue weighted by Crippen LogP contribution is 2.24. The van der Waals surface area contributed by atoms with Gasteiger partial charge in [0, 0.05) is 13.1 Å². The van der Waals surface area contributed by atoms with Crippen LogP contribution in [0.3, 0.4) is 0 Å². The van der Waals surface area contributed by atoms with E-state index in [1.165, 1.54) is 0 Å². The summed E-state index contributed by atoms with van der Waals surface area (Å²) in [4.78, 5) is 14.4. The SMILES string of the molecule is CCOC(=O)[C@H]1CCCN(C(=S)c2ccccc2O)C1. The van der Waals surface area contributed by atoms with E-state index in [0.717, 1.165) is 19.4 Å². The van der Waals surface area contributed by atoms with Crippen molar-refractivity contribution in [2.75, 3.05) is 19.7 Å². The molecule has 108 valence electrons. The van der Waals surface area contributed by atoms with Crippen LogP contribution < -0.4 is 0 Å². The number of phenolic OH excluding ortho intramolecular Hbond substituents is 1. The fourth-order valence-electron chi connectivity index (χ4n) is 2.44. The lowest BCUT2D eigenvalue weighted by Gasteiger charge is -2.33. The van der Waals surface area contributed by atoms with Gasteiger partial charge in [-0.25, -0.2) is 0 Å². The van der Waals surface area contributed by atoms with Crippen LogP contribution in [0, 0.1) is 5.92 Å². The number of carbonyl (C=O) groups is 1. The number of hydrogen-bond acceptors (Lipinski definition) is 4. The highest BCUT2D eigenvalue weighted by atomic mass is 32.1. The number of piperidine rings is 1. The molecule has 20 heavy (non-hydrogen) atoms. The third kappa shape index (κ3) is 3.28. The summed E-state index contributed by atoms with van der Waals surface area (Å²) in [5.74, 6) is -0.111. The van der Waals surface area contributed by atoms with E-state index in [9.17, 15) is 9.90 Å². The van der Waals surface area contributed by atoms with Crippen LogP contribution in [0.1, 0.15) is 25.3 Å². The van der Waals surface area contributed by atoms with Gasteiger partial charge in [0.15, 0.2) is 0 Å². The second kappa shape index (κ2) is 6.70. The van der Waals surface area contributed by atoms with E-state index in [4.69, 9.17) is 17.0 Å². The average Bonchev–Trinajstić information content (AvgIpc) is 2.47. The molecule has 1 aliphatic heterocycles. The summed E-state index contributed by atoms with van der Waals surface area (Å²) in [6.45, 7) is 3.58. The van der Waals surface area contributed by atoms with Gasteiger partial charge in [-0.15, -0.1) is 0 Å². The van der Waals surface area contributed by atoms with Crippen molar-refractivity contribution in [3.63, 3.8) is 0 Å². The zero-order valence-electron chi connectivity index (χ0n) is 11.5. The Bertz CT molecular complexity index is 504. The number of rotatable bonds is 3. The van der Waals surface area contributed by atoms with E-state index in [2.05, 4.69) is 0 Å². The molecule has 1 aromatic carbocycles. The van der Waals surface area contributed by atoms with Gasteiger partial charge < -0.3 is 14.7 Å². The lowest BCUT2D eigenvalue weighted by Crippen LogP contribution is -2.42.